The summed E-state index contributed by atoms with van der Waals surface area (Å²) in [6.07, 6.45) is 7.39. The SMILES string of the molecule is Cc1nc(NC2CCCCCC2)cc(C(=O)NCc2ccccc2Cl)n1. The molecule has 0 unspecified atom stereocenters. The van der Waals surface area contributed by atoms with Crippen LogP contribution in [0.2, 0.25) is 5.02 Å². The summed E-state index contributed by atoms with van der Waals surface area (Å²) in [7, 11) is 0. The van der Waals surface area contributed by atoms with Gasteiger partial charge < -0.3 is 10.6 Å². The van der Waals surface area contributed by atoms with E-state index in [0.29, 0.717) is 29.1 Å². The zero-order chi connectivity index (χ0) is 18.4. The van der Waals surface area contributed by atoms with Crippen LogP contribution in [-0.2, 0) is 6.54 Å². The van der Waals surface area contributed by atoms with Crippen molar-refractivity contribution < 1.29 is 4.79 Å². The summed E-state index contributed by atoms with van der Waals surface area (Å²) < 4.78 is 0. The van der Waals surface area contributed by atoms with E-state index in [9.17, 15) is 4.79 Å². The van der Waals surface area contributed by atoms with Crippen molar-refractivity contribution in [1.82, 2.24) is 15.3 Å². The minimum Gasteiger partial charge on any atom is -0.367 e. The van der Waals surface area contributed by atoms with Crippen LogP contribution in [-0.4, -0.2) is 21.9 Å². The van der Waals surface area contributed by atoms with Gasteiger partial charge in [0.15, 0.2) is 0 Å². The van der Waals surface area contributed by atoms with Crippen LogP contribution in [0.25, 0.3) is 0 Å². The quantitative estimate of drug-likeness (QED) is 0.758. The molecule has 0 spiro atoms. The van der Waals surface area contributed by atoms with Crippen LogP contribution in [0.15, 0.2) is 30.3 Å². The number of amides is 1. The molecule has 26 heavy (non-hydrogen) atoms. The maximum Gasteiger partial charge on any atom is 0.270 e. The van der Waals surface area contributed by atoms with E-state index < -0.39 is 0 Å². The number of hydrogen-bond acceptors (Lipinski definition) is 4. The highest BCUT2D eigenvalue weighted by Crippen LogP contribution is 2.21. The smallest absolute Gasteiger partial charge is 0.270 e. The van der Waals surface area contributed by atoms with Crippen molar-refractivity contribution >= 4 is 23.3 Å². The van der Waals surface area contributed by atoms with Crippen LogP contribution in [0.5, 0.6) is 0 Å². The minimum atomic E-state index is -0.223. The first-order chi connectivity index (χ1) is 12.6. The second kappa shape index (κ2) is 8.99. The van der Waals surface area contributed by atoms with Gasteiger partial charge in [-0.05, 0) is 31.4 Å². The third kappa shape index (κ3) is 5.18. The van der Waals surface area contributed by atoms with E-state index in [0.717, 1.165) is 24.2 Å². The van der Waals surface area contributed by atoms with Gasteiger partial charge in [-0.3, -0.25) is 4.79 Å². The van der Waals surface area contributed by atoms with Crippen molar-refractivity contribution in [3.05, 3.63) is 52.4 Å². The lowest BCUT2D eigenvalue weighted by Gasteiger charge is -2.17. The number of halogens is 1. The number of carbonyl (C=O) groups is 1. The fraction of sp³-hybridized carbons (Fsp3) is 0.450. The van der Waals surface area contributed by atoms with Crippen molar-refractivity contribution in [2.75, 3.05) is 5.32 Å². The first-order valence-corrected chi connectivity index (χ1v) is 9.63. The first kappa shape index (κ1) is 18.6. The predicted octanol–water partition coefficient (Wildman–Crippen LogP) is 4.50. The highest BCUT2D eigenvalue weighted by molar-refractivity contribution is 6.31. The summed E-state index contributed by atoms with van der Waals surface area (Å²) >= 11 is 6.14. The molecule has 1 aliphatic rings. The Morgan fingerprint density at radius 3 is 2.62 bits per heavy atom. The summed E-state index contributed by atoms with van der Waals surface area (Å²) in [6, 6.07) is 9.63. The molecule has 0 saturated heterocycles. The van der Waals surface area contributed by atoms with Gasteiger partial charge in [0, 0.05) is 23.7 Å². The zero-order valence-corrected chi connectivity index (χ0v) is 15.9. The van der Waals surface area contributed by atoms with Crippen LogP contribution in [0.4, 0.5) is 5.82 Å². The Labute approximate surface area is 159 Å². The van der Waals surface area contributed by atoms with Gasteiger partial charge in [-0.2, -0.15) is 0 Å². The molecule has 2 N–H and O–H groups in total. The van der Waals surface area contributed by atoms with Crippen LogP contribution >= 0.6 is 11.6 Å². The molecule has 1 aromatic carbocycles. The molecule has 5 nitrogen and oxygen atoms in total. The fourth-order valence-electron chi connectivity index (χ4n) is 3.30. The third-order valence-corrected chi connectivity index (χ3v) is 5.04. The van der Waals surface area contributed by atoms with E-state index in [-0.39, 0.29) is 5.91 Å². The molecule has 0 bridgehead atoms. The average molecular weight is 373 g/mol. The maximum atomic E-state index is 12.5. The summed E-state index contributed by atoms with van der Waals surface area (Å²) in [5.41, 5.74) is 1.26. The van der Waals surface area contributed by atoms with Gasteiger partial charge in [-0.25, -0.2) is 9.97 Å². The van der Waals surface area contributed by atoms with Crippen molar-refractivity contribution in [2.45, 2.75) is 58.0 Å². The number of rotatable bonds is 5. The van der Waals surface area contributed by atoms with Crippen molar-refractivity contribution in [2.24, 2.45) is 0 Å². The van der Waals surface area contributed by atoms with Gasteiger partial charge in [-0.15, -0.1) is 0 Å². The molecule has 0 aliphatic heterocycles. The topological polar surface area (TPSA) is 66.9 Å². The number of hydrogen-bond donors (Lipinski definition) is 2. The Balaban J connectivity index is 1.66. The van der Waals surface area contributed by atoms with E-state index in [1.54, 1.807) is 6.07 Å². The number of benzene rings is 1. The number of aryl methyl sites for hydroxylation is 1. The molecule has 1 aromatic heterocycles. The predicted molar refractivity (Wildman–Crippen MR) is 105 cm³/mol. The highest BCUT2D eigenvalue weighted by Gasteiger charge is 2.15. The Morgan fingerprint density at radius 1 is 1.15 bits per heavy atom. The molecule has 0 atom stereocenters. The second-order valence-electron chi connectivity index (χ2n) is 6.79. The van der Waals surface area contributed by atoms with Crippen molar-refractivity contribution in [3.8, 4) is 0 Å². The summed E-state index contributed by atoms with van der Waals surface area (Å²) in [6.45, 7) is 2.18. The number of nitrogens with one attached hydrogen (secondary N) is 2. The van der Waals surface area contributed by atoms with E-state index >= 15 is 0 Å². The lowest BCUT2D eigenvalue weighted by atomic mass is 10.1. The second-order valence-corrected chi connectivity index (χ2v) is 7.20. The number of carbonyl (C=O) groups excluding carboxylic acids is 1. The molecule has 1 heterocycles. The van der Waals surface area contributed by atoms with Crippen LogP contribution in [0.1, 0.15) is 60.4 Å². The summed E-state index contributed by atoms with van der Waals surface area (Å²) in [5.74, 6) is 1.10. The summed E-state index contributed by atoms with van der Waals surface area (Å²) in [5, 5.41) is 7.01. The van der Waals surface area contributed by atoms with Gasteiger partial charge in [0.25, 0.3) is 5.91 Å². The molecule has 0 radical (unpaired) electrons. The number of anilines is 1. The summed E-state index contributed by atoms with van der Waals surface area (Å²) in [4.78, 5) is 21.2. The van der Waals surface area contributed by atoms with Gasteiger partial charge in [0.05, 0.1) is 0 Å². The van der Waals surface area contributed by atoms with E-state index in [2.05, 4.69) is 20.6 Å². The molecule has 2 aromatic rings. The molecule has 3 rings (SSSR count). The zero-order valence-electron chi connectivity index (χ0n) is 15.1. The van der Waals surface area contributed by atoms with Crippen LogP contribution in [0, 0.1) is 6.92 Å². The molecule has 1 amide bonds. The van der Waals surface area contributed by atoms with Gasteiger partial charge in [0.1, 0.15) is 17.3 Å². The maximum absolute atomic E-state index is 12.5. The molecule has 138 valence electrons. The number of nitrogens with zero attached hydrogens (tertiary/aromatic N) is 2. The minimum absolute atomic E-state index is 0.223. The molecule has 1 fully saturated rings. The monoisotopic (exact) mass is 372 g/mol. The average Bonchev–Trinajstić information content (AvgIpc) is 2.89. The molecule has 1 aliphatic carbocycles. The normalized spacial score (nSPS) is 15.3. The van der Waals surface area contributed by atoms with E-state index in [1.165, 1.54) is 25.7 Å². The molecule has 1 saturated carbocycles. The molecular formula is C20H25ClN4O. The van der Waals surface area contributed by atoms with Crippen molar-refractivity contribution in [3.63, 3.8) is 0 Å². The Bertz CT molecular complexity index is 757. The largest absolute Gasteiger partial charge is 0.367 e. The van der Waals surface area contributed by atoms with Gasteiger partial charge in [-0.1, -0.05) is 55.5 Å². The Hall–Kier alpha value is -2.14. The van der Waals surface area contributed by atoms with E-state index in [1.807, 2.05) is 31.2 Å². The lowest BCUT2D eigenvalue weighted by molar-refractivity contribution is 0.0945. The Morgan fingerprint density at radius 2 is 1.88 bits per heavy atom. The number of aromatic nitrogens is 2. The van der Waals surface area contributed by atoms with Crippen molar-refractivity contribution in [1.29, 1.82) is 0 Å². The molecule has 6 heteroatoms. The first-order valence-electron chi connectivity index (χ1n) is 9.25. The van der Waals surface area contributed by atoms with Crippen LogP contribution < -0.4 is 10.6 Å². The van der Waals surface area contributed by atoms with E-state index in [4.69, 9.17) is 11.6 Å². The molecular weight excluding hydrogens is 348 g/mol. The van der Waals surface area contributed by atoms with Gasteiger partial charge in [0.2, 0.25) is 0 Å². The Kier molecular flexibility index (Phi) is 6.45. The van der Waals surface area contributed by atoms with Crippen LogP contribution in [0.3, 0.4) is 0 Å². The fourth-order valence-corrected chi connectivity index (χ4v) is 3.50. The lowest BCUT2D eigenvalue weighted by Crippen LogP contribution is -2.25. The standard InChI is InChI=1S/C20H25ClN4O/c1-14-23-18(20(26)22-13-15-8-6-7-11-17(15)21)12-19(24-14)25-16-9-4-2-3-5-10-16/h6-8,11-12,16H,2-5,9-10,13H2,1H3,(H,22,26)(H,23,24,25). The van der Waals surface area contributed by atoms with Gasteiger partial charge >= 0.3 is 0 Å². The third-order valence-electron chi connectivity index (χ3n) is 4.67. The highest BCUT2D eigenvalue weighted by atomic mass is 35.5.